The van der Waals surface area contributed by atoms with Crippen molar-refractivity contribution in [1.29, 1.82) is 0 Å². The monoisotopic (exact) mass is 398 g/mol. The second-order valence-corrected chi connectivity index (χ2v) is 14.5. The lowest BCUT2D eigenvalue weighted by molar-refractivity contribution is 0.338. The topological polar surface area (TPSA) is 40.5 Å². The molecule has 1 rings (SSSR count). The average molecular weight is 399 g/mol. The smallest absolute Gasteiger partial charge is 0.130 e. The van der Waals surface area contributed by atoms with Crippen molar-refractivity contribution < 1.29 is 10.2 Å². The van der Waals surface area contributed by atoms with Gasteiger partial charge >= 0.3 is 0 Å². The standard InChI is InChI=1S/C22H38O2S2/c1-19(2,3)13-21(7,8)25-17-11-16(24)18(12-15(17)23)26-22(9,10)14-20(4,5)6/h11-12,23-24H,13-14H2,1-10H3. The van der Waals surface area contributed by atoms with E-state index in [0.717, 1.165) is 22.6 Å². The zero-order chi connectivity index (χ0) is 20.6. The number of rotatable bonds is 6. The Morgan fingerprint density at radius 2 is 0.885 bits per heavy atom. The fraction of sp³-hybridized carbons (Fsp3) is 0.727. The summed E-state index contributed by atoms with van der Waals surface area (Å²) in [7, 11) is 0. The molecule has 0 spiro atoms. The van der Waals surface area contributed by atoms with Crippen LogP contribution in [0.1, 0.15) is 82.1 Å². The van der Waals surface area contributed by atoms with Gasteiger partial charge in [-0.3, -0.25) is 0 Å². The van der Waals surface area contributed by atoms with Crippen molar-refractivity contribution in [3.05, 3.63) is 12.1 Å². The van der Waals surface area contributed by atoms with Gasteiger partial charge in [-0.2, -0.15) is 0 Å². The molecule has 2 nitrogen and oxygen atoms in total. The van der Waals surface area contributed by atoms with Crippen LogP contribution >= 0.6 is 23.5 Å². The first-order chi connectivity index (χ1) is 11.4. The molecule has 0 heterocycles. The Labute approximate surface area is 169 Å². The van der Waals surface area contributed by atoms with Gasteiger partial charge < -0.3 is 10.2 Å². The zero-order valence-electron chi connectivity index (χ0n) is 18.3. The molecule has 0 saturated heterocycles. The fourth-order valence-corrected chi connectivity index (χ4v) is 6.79. The Hall–Kier alpha value is -0.480. The second kappa shape index (κ2) is 7.87. The van der Waals surface area contributed by atoms with Gasteiger partial charge in [0.25, 0.3) is 0 Å². The minimum atomic E-state index is -0.0255. The second-order valence-electron chi connectivity index (χ2n) is 11.0. The van der Waals surface area contributed by atoms with Gasteiger partial charge in [0.2, 0.25) is 0 Å². The molecule has 0 unspecified atom stereocenters. The van der Waals surface area contributed by atoms with E-state index in [2.05, 4.69) is 69.2 Å². The van der Waals surface area contributed by atoms with Gasteiger partial charge in [0.1, 0.15) is 11.5 Å². The van der Waals surface area contributed by atoms with E-state index in [1.807, 2.05) is 0 Å². The minimum Gasteiger partial charge on any atom is -0.507 e. The van der Waals surface area contributed by atoms with Gasteiger partial charge in [0.05, 0.1) is 9.79 Å². The number of hydrogen-bond acceptors (Lipinski definition) is 4. The van der Waals surface area contributed by atoms with Gasteiger partial charge in [0.15, 0.2) is 0 Å². The van der Waals surface area contributed by atoms with Gasteiger partial charge in [-0.05, 0) is 35.8 Å². The lowest BCUT2D eigenvalue weighted by Gasteiger charge is -2.33. The molecule has 4 heteroatoms. The quantitative estimate of drug-likeness (QED) is 0.380. The van der Waals surface area contributed by atoms with E-state index in [4.69, 9.17) is 0 Å². The van der Waals surface area contributed by atoms with Crippen molar-refractivity contribution >= 4 is 23.5 Å². The summed E-state index contributed by atoms with van der Waals surface area (Å²) in [5, 5.41) is 21.1. The molecule has 0 aliphatic carbocycles. The zero-order valence-corrected chi connectivity index (χ0v) is 19.9. The normalized spacial score (nSPS) is 13.9. The van der Waals surface area contributed by atoms with E-state index >= 15 is 0 Å². The van der Waals surface area contributed by atoms with E-state index in [-0.39, 0.29) is 31.8 Å². The highest BCUT2D eigenvalue weighted by Gasteiger charge is 2.30. The number of benzene rings is 1. The van der Waals surface area contributed by atoms with Gasteiger partial charge in [-0.25, -0.2) is 0 Å². The molecule has 26 heavy (non-hydrogen) atoms. The predicted molar refractivity (Wildman–Crippen MR) is 118 cm³/mol. The van der Waals surface area contributed by atoms with E-state index < -0.39 is 0 Å². The highest BCUT2D eigenvalue weighted by atomic mass is 32.2. The van der Waals surface area contributed by atoms with Crippen molar-refractivity contribution in [2.24, 2.45) is 10.8 Å². The van der Waals surface area contributed by atoms with Crippen LogP contribution in [0.15, 0.2) is 21.9 Å². The van der Waals surface area contributed by atoms with Crippen molar-refractivity contribution in [3.63, 3.8) is 0 Å². The Bertz CT molecular complexity index is 565. The van der Waals surface area contributed by atoms with Crippen molar-refractivity contribution in [1.82, 2.24) is 0 Å². The Balaban J connectivity index is 3.02. The maximum Gasteiger partial charge on any atom is 0.130 e. The number of thioether (sulfide) groups is 2. The van der Waals surface area contributed by atoms with Crippen molar-refractivity contribution in [3.8, 4) is 11.5 Å². The molecule has 0 amide bonds. The fourth-order valence-electron chi connectivity index (χ4n) is 3.92. The molecular formula is C22H38O2S2. The summed E-state index contributed by atoms with van der Waals surface area (Å²) in [6, 6.07) is 3.44. The minimum absolute atomic E-state index is 0.0255. The van der Waals surface area contributed by atoms with E-state index in [9.17, 15) is 10.2 Å². The van der Waals surface area contributed by atoms with Crippen LogP contribution < -0.4 is 0 Å². The van der Waals surface area contributed by atoms with E-state index in [0.29, 0.717) is 0 Å². The average Bonchev–Trinajstić information content (AvgIpc) is 2.28. The SMILES string of the molecule is CC(C)(C)CC(C)(C)Sc1cc(O)c(SC(C)(C)CC(C)(C)C)cc1O. The number of aromatic hydroxyl groups is 2. The van der Waals surface area contributed by atoms with Crippen LogP contribution in [-0.4, -0.2) is 19.7 Å². The summed E-state index contributed by atoms with van der Waals surface area (Å²) in [6.07, 6.45) is 2.03. The molecule has 0 atom stereocenters. The van der Waals surface area contributed by atoms with E-state index in [1.165, 1.54) is 0 Å². The number of phenolic OH excluding ortho intramolecular Hbond substituents is 2. The van der Waals surface area contributed by atoms with Crippen LogP contribution in [0.3, 0.4) is 0 Å². The largest absolute Gasteiger partial charge is 0.507 e. The summed E-state index contributed by atoms with van der Waals surface area (Å²) < 4.78 is -0.0509. The summed E-state index contributed by atoms with van der Waals surface area (Å²) in [5.41, 5.74) is 0.419. The molecule has 2 N–H and O–H groups in total. The third kappa shape index (κ3) is 8.47. The van der Waals surface area contributed by atoms with Gasteiger partial charge in [0, 0.05) is 9.49 Å². The van der Waals surface area contributed by atoms with Crippen molar-refractivity contribution in [2.75, 3.05) is 0 Å². The van der Waals surface area contributed by atoms with Crippen LogP contribution in [0, 0.1) is 10.8 Å². The number of phenols is 2. The first-order valence-corrected chi connectivity index (χ1v) is 11.0. The van der Waals surface area contributed by atoms with E-state index in [1.54, 1.807) is 35.7 Å². The molecule has 0 bridgehead atoms. The maximum absolute atomic E-state index is 10.6. The molecule has 0 saturated carbocycles. The van der Waals surface area contributed by atoms with Crippen molar-refractivity contribution in [2.45, 2.75) is 101 Å². The highest BCUT2D eigenvalue weighted by Crippen LogP contribution is 2.49. The van der Waals surface area contributed by atoms with Gasteiger partial charge in [-0.15, -0.1) is 23.5 Å². The lowest BCUT2D eigenvalue weighted by atomic mass is 9.86. The van der Waals surface area contributed by atoms with Crippen LogP contribution in [-0.2, 0) is 0 Å². The summed E-state index contributed by atoms with van der Waals surface area (Å²) in [4.78, 5) is 1.49. The highest BCUT2D eigenvalue weighted by molar-refractivity contribution is 8.01. The number of hydrogen-bond donors (Lipinski definition) is 2. The molecule has 0 aromatic heterocycles. The molecule has 1 aromatic carbocycles. The Morgan fingerprint density at radius 3 is 1.12 bits per heavy atom. The molecular weight excluding hydrogens is 360 g/mol. The molecule has 150 valence electrons. The first kappa shape index (κ1) is 23.6. The first-order valence-electron chi connectivity index (χ1n) is 9.33. The third-order valence-electron chi connectivity index (χ3n) is 3.73. The lowest BCUT2D eigenvalue weighted by Crippen LogP contribution is -2.23. The molecule has 1 aromatic rings. The Kier molecular flexibility index (Phi) is 7.13. The summed E-state index contributed by atoms with van der Waals surface area (Å²) in [6.45, 7) is 22.1. The maximum atomic E-state index is 10.6. The molecule has 0 aliphatic rings. The third-order valence-corrected chi connectivity index (χ3v) is 6.21. The molecule has 0 radical (unpaired) electrons. The predicted octanol–water partition coefficient (Wildman–Crippen LogP) is 7.71. The summed E-state index contributed by atoms with van der Waals surface area (Å²) >= 11 is 3.26. The summed E-state index contributed by atoms with van der Waals surface area (Å²) in [5.74, 6) is 0.507. The van der Waals surface area contributed by atoms with Gasteiger partial charge in [-0.1, -0.05) is 69.2 Å². The van der Waals surface area contributed by atoms with Crippen LogP contribution in [0.2, 0.25) is 0 Å². The molecule has 0 aliphatic heterocycles. The Morgan fingerprint density at radius 1 is 0.615 bits per heavy atom. The van der Waals surface area contributed by atoms with Crippen LogP contribution in [0.4, 0.5) is 0 Å². The van der Waals surface area contributed by atoms with Crippen LogP contribution in [0.25, 0.3) is 0 Å². The van der Waals surface area contributed by atoms with Crippen LogP contribution in [0.5, 0.6) is 11.5 Å². The molecule has 0 fully saturated rings.